The van der Waals surface area contributed by atoms with E-state index in [2.05, 4.69) is 15.9 Å². The maximum absolute atomic E-state index is 13.2. The molecule has 12 heavy (non-hydrogen) atoms. The molecule has 0 aliphatic rings. The topological polar surface area (TPSA) is 43.1 Å². The van der Waals surface area contributed by atoms with Crippen LogP contribution in [0.2, 0.25) is 0 Å². The fraction of sp³-hybridized carbons (Fsp3) is 0. The predicted molar refractivity (Wildman–Crippen MR) is 55.3 cm³/mol. The van der Waals surface area contributed by atoms with Gasteiger partial charge in [-0.05, 0) is 50.7 Å². The Hall–Kier alpha value is -0.170. The van der Waals surface area contributed by atoms with Gasteiger partial charge in [-0.25, -0.2) is 4.39 Å². The van der Waals surface area contributed by atoms with Crippen LogP contribution in [0.1, 0.15) is 10.4 Å². The molecule has 64 valence electrons. The number of rotatable bonds is 1. The quantitative estimate of drug-likeness (QED) is 0.617. The van der Waals surface area contributed by atoms with Crippen LogP contribution in [0.3, 0.4) is 0 Å². The van der Waals surface area contributed by atoms with Gasteiger partial charge < -0.3 is 5.73 Å². The molecule has 0 atom stereocenters. The van der Waals surface area contributed by atoms with Gasteiger partial charge in [0.15, 0.2) is 0 Å². The van der Waals surface area contributed by atoms with Crippen molar-refractivity contribution < 1.29 is 9.18 Å². The molecular weight excluding hydrogens is 340 g/mol. The van der Waals surface area contributed by atoms with Gasteiger partial charge in [0.25, 0.3) is 5.91 Å². The normalized spacial score (nSPS) is 9.92. The van der Waals surface area contributed by atoms with E-state index < -0.39 is 11.7 Å². The Morgan fingerprint density at radius 3 is 2.67 bits per heavy atom. The van der Waals surface area contributed by atoms with Crippen molar-refractivity contribution in [2.45, 2.75) is 0 Å². The Morgan fingerprint density at radius 2 is 2.17 bits per heavy atom. The number of carbonyl (C=O) groups is 1. The average Bonchev–Trinajstić information content (AvgIpc) is 2.00. The van der Waals surface area contributed by atoms with E-state index >= 15 is 0 Å². The molecule has 0 bridgehead atoms. The van der Waals surface area contributed by atoms with Gasteiger partial charge in [0.1, 0.15) is 5.82 Å². The molecule has 2 N–H and O–H groups in total. The van der Waals surface area contributed by atoms with Gasteiger partial charge in [-0.1, -0.05) is 0 Å². The highest BCUT2D eigenvalue weighted by atomic mass is 127. The Bertz CT molecular complexity index is 342. The van der Waals surface area contributed by atoms with E-state index in [4.69, 9.17) is 5.73 Å². The monoisotopic (exact) mass is 343 g/mol. The highest BCUT2D eigenvalue weighted by molar-refractivity contribution is 14.1. The van der Waals surface area contributed by atoms with Crippen LogP contribution in [0.15, 0.2) is 16.6 Å². The van der Waals surface area contributed by atoms with E-state index in [-0.39, 0.29) is 5.56 Å². The van der Waals surface area contributed by atoms with E-state index in [0.29, 0.717) is 8.04 Å². The lowest BCUT2D eigenvalue weighted by molar-refractivity contribution is 0.0996. The smallest absolute Gasteiger partial charge is 0.251 e. The molecule has 0 aromatic heterocycles. The number of nitrogens with two attached hydrogens (primary N) is 1. The minimum absolute atomic E-state index is 0.0809. The van der Waals surface area contributed by atoms with E-state index in [1.807, 2.05) is 0 Å². The maximum atomic E-state index is 13.2. The van der Waals surface area contributed by atoms with Gasteiger partial charge >= 0.3 is 0 Å². The number of hydrogen-bond donors (Lipinski definition) is 1. The number of benzene rings is 1. The minimum Gasteiger partial charge on any atom is -0.366 e. The summed E-state index contributed by atoms with van der Waals surface area (Å²) in [7, 11) is 0. The number of primary amides is 1. The summed E-state index contributed by atoms with van der Waals surface area (Å²) in [6.07, 6.45) is 0. The van der Waals surface area contributed by atoms with Crippen LogP contribution in [0.5, 0.6) is 0 Å². The number of carbonyl (C=O) groups excluding carboxylic acids is 1. The van der Waals surface area contributed by atoms with Crippen molar-refractivity contribution >= 4 is 44.4 Å². The minimum atomic E-state index is -0.752. The molecule has 0 saturated carbocycles. The van der Waals surface area contributed by atoms with Crippen LogP contribution < -0.4 is 5.73 Å². The Morgan fingerprint density at radius 1 is 1.58 bits per heavy atom. The molecule has 0 aliphatic heterocycles. The highest BCUT2D eigenvalue weighted by Gasteiger charge is 2.12. The fourth-order valence-corrected chi connectivity index (χ4v) is 1.49. The van der Waals surface area contributed by atoms with E-state index in [1.54, 1.807) is 28.7 Å². The lowest BCUT2D eigenvalue weighted by atomic mass is 10.2. The zero-order chi connectivity index (χ0) is 9.30. The molecule has 1 aromatic carbocycles. The molecule has 5 heteroatoms. The summed E-state index contributed by atoms with van der Waals surface area (Å²) in [4.78, 5) is 10.6. The molecule has 1 aromatic rings. The molecule has 0 aliphatic carbocycles. The SMILES string of the molecule is NC(=O)c1ccc(Br)c(I)c1F. The molecule has 0 radical (unpaired) electrons. The number of amides is 1. The molecule has 1 amide bonds. The average molecular weight is 344 g/mol. The Balaban J connectivity index is 3.36. The molecular formula is C7H4BrFINO. The lowest BCUT2D eigenvalue weighted by Crippen LogP contribution is -2.13. The number of halogens is 3. The highest BCUT2D eigenvalue weighted by Crippen LogP contribution is 2.23. The Kier molecular flexibility index (Phi) is 3.05. The van der Waals surface area contributed by atoms with Crippen molar-refractivity contribution in [3.8, 4) is 0 Å². The third-order valence-corrected chi connectivity index (χ3v) is 3.76. The van der Waals surface area contributed by atoms with Gasteiger partial charge in [-0.3, -0.25) is 4.79 Å². The van der Waals surface area contributed by atoms with Crippen molar-refractivity contribution in [3.05, 3.63) is 31.6 Å². The van der Waals surface area contributed by atoms with Crippen molar-refractivity contribution in [2.24, 2.45) is 5.73 Å². The second-order valence-electron chi connectivity index (χ2n) is 2.09. The Labute approximate surface area is 90.6 Å². The first kappa shape index (κ1) is 9.91. The van der Waals surface area contributed by atoms with Crippen LogP contribution in [-0.4, -0.2) is 5.91 Å². The standard InChI is InChI=1S/C7H4BrFINO/c8-4-2-1-3(7(11)12)5(9)6(4)10/h1-2H,(H2,11,12). The van der Waals surface area contributed by atoms with E-state index in [1.165, 1.54) is 6.07 Å². The molecule has 1 rings (SSSR count). The van der Waals surface area contributed by atoms with Crippen LogP contribution in [0.25, 0.3) is 0 Å². The van der Waals surface area contributed by atoms with Crippen LogP contribution in [-0.2, 0) is 0 Å². The first-order valence-corrected chi connectivity index (χ1v) is 4.84. The largest absolute Gasteiger partial charge is 0.366 e. The zero-order valence-corrected chi connectivity index (χ0v) is 9.52. The van der Waals surface area contributed by atoms with Crippen LogP contribution in [0.4, 0.5) is 4.39 Å². The van der Waals surface area contributed by atoms with Gasteiger partial charge in [-0.2, -0.15) is 0 Å². The molecule has 0 heterocycles. The summed E-state index contributed by atoms with van der Waals surface area (Å²) in [6, 6.07) is 2.94. The second kappa shape index (κ2) is 3.69. The maximum Gasteiger partial charge on any atom is 0.251 e. The fourth-order valence-electron chi connectivity index (χ4n) is 0.716. The van der Waals surface area contributed by atoms with Gasteiger partial charge in [-0.15, -0.1) is 0 Å². The predicted octanol–water partition coefficient (Wildman–Crippen LogP) is 2.29. The summed E-state index contributed by atoms with van der Waals surface area (Å²) in [6.45, 7) is 0. The lowest BCUT2D eigenvalue weighted by Gasteiger charge is -2.01. The van der Waals surface area contributed by atoms with Gasteiger partial charge in [0.2, 0.25) is 0 Å². The summed E-state index contributed by atoms with van der Waals surface area (Å²) >= 11 is 4.93. The second-order valence-corrected chi connectivity index (χ2v) is 4.02. The molecule has 0 saturated heterocycles. The van der Waals surface area contributed by atoms with Crippen molar-refractivity contribution in [1.29, 1.82) is 0 Å². The molecule has 0 fully saturated rings. The summed E-state index contributed by atoms with van der Waals surface area (Å²) in [5, 5.41) is 0. The van der Waals surface area contributed by atoms with Crippen LogP contribution >= 0.6 is 38.5 Å². The van der Waals surface area contributed by atoms with Crippen molar-refractivity contribution in [2.75, 3.05) is 0 Å². The van der Waals surface area contributed by atoms with Crippen molar-refractivity contribution in [3.63, 3.8) is 0 Å². The first-order chi connectivity index (χ1) is 5.54. The zero-order valence-electron chi connectivity index (χ0n) is 5.77. The molecule has 2 nitrogen and oxygen atoms in total. The summed E-state index contributed by atoms with van der Waals surface area (Å²) in [5.74, 6) is -1.32. The number of hydrogen-bond acceptors (Lipinski definition) is 1. The molecule has 0 spiro atoms. The summed E-state index contributed by atoms with van der Waals surface area (Å²) < 4.78 is 14.2. The van der Waals surface area contributed by atoms with Gasteiger partial charge in [0, 0.05) is 4.47 Å². The van der Waals surface area contributed by atoms with E-state index in [9.17, 15) is 9.18 Å². The first-order valence-electron chi connectivity index (χ1n) is 2.97. The van der Waals surface area contributed by atoms with Crippen LogP contribution in [0, 0.1) is 9.39 Å². The molecule has 0 unspecified atom stereocenters. The van der Waals surface area contributed by atoms with E-state index in [0.717, 1.165) is 0 Å². The summed E-state index contributed by atoms with van der Waals surface area (Å²) in [5.41, 5.74) is 4.86. The van der Waals surface area contributed by atoms with Crippen molar-refractivity contribution in [1.82, 2.24) is 0 Å². The third kappa shape index (κ3) is 1.77. The van der Waals surface area contributed by atoms with Gasteiger partial charge in [0.05, 0.1) is 9.13 Å². The third-order valence-electron chi connectivity index (χ3n) is 1.30.